The summed E-state index contributed by atoms with van der Waals surface area (Å²) in [6.07, 6.45) is 1.27. The van der Waals surface area contributed by atoms with E-state index in [2.05, 4.69) is 5.32 Å². The predicted molar refractivity (Wildman–Crippen MR) is 59.5 cm³/mol. The molecule has 1 aromatic carbocycles. The number of hydrogen-bond donors (Lipinski definition) is 3. The van der Waals surface area contributed by atoms with Gasteiger partial charge in [-0.1, -0.05) is 0 Å². The quantitative estimate of drug-likeness (QED) is 0.516. The molecule has 0 aliphatic carbocycles. The van der Waals surface area contributed by atoms with Crippen LogP contribution >= 0.6 is 0 Å². The third kappa shape index (κ3) is 3.51. The third-order valence-corrected chi connectivity index (χ3v) is 2.11. The zero-order valence-electron chi connectivity index (χ0n) is 8.87. The molecule has 0 saturated carbocycles. The maximum Gasteiger partial charge on any atom is 0.254 e. The molecule has 1 amide bonds. The summed E-state index contributed by atoms with van der Waals surface area (Å²) >= 11 is 0. The monoisotopic (exact) mass is 226 g/mol. The number of carbonyl (C=O) groups excluding carboxylic acids is 1. The van der Waals surface area contributed by atoms with Crippen LogP contribution in [0.4, 0.5) is 10.1 Å². The lowest BCUT2D eigenvalue weighted by molar-refractivity contribution is 0.0948. The molecule has 0 spiro atoms. The highest BCUT2D eigenvalue weighted by molar-refractivity contribution is 5.95. The van der Waals surface area contributed by atoms with Gasteiger partial charge in [0.1, 0.15) is 5.82 Å². The fourth-order valence-corrected chi connectivity index (χ4v) is 1.25. The Hall–Kier alpha value is -1.62. The molecular formula is C11H15FN2O2. The van der Waals surface area contributed by atoms with E-state index >= 15 is 0 Å². The van der Waals surface area contributed by atoms with E-state index in [1.165, 1.54) is 12.1 Å². The molecule has 1 aromatic rings. The SMILES string of the molecule is Nc1ccc(F)c(C(=O)NCCCCO)c1. The summed E-state index contributed by atoms with van der Waals surface area (Å²) in [6.45, 7) is 0.496. The molecule has 0 aliphatic rings. The van der Waals surface area contributed by atoms with Gasteiger partial charge in [0.05, 0.1) is 5.56 Å². The Kier molecular flexibility index (Phi) is 4.72. The number of halogens is 1. The summed E-state index contributed by atoms with van der Waals surface area (Å²) < 4.78 is 13.2. The zero-order valence-corrected chi connectivity index (χ0v) is 8.87. The number of hydrogen-bond acceptors (Lipinski definition) is 3. The highest BCUT2D eigenvalue weighted by Crippen LogP contribution is 2.11. The minimum absolute atomic E-state index is 0.0519. The minimum atomic E-state index is -0.589. The van der Waals surface area contributed by atoms with E-state index in [1.54, 1.807) is 0 Å². The number of unbranched alkanes of at least 4 members (excludes halogenated alkanes) is 1. The second-order valence-electron chi connectivity index (χ2n) is 3.43. The summed E-state index contributed by atoms with van der Waals surface area (Å²) in [5, 5.41) is 11.1. The Morgan fingerprint density at radius 1 is 1.44 bits per heavy atom. The molecule has 0 radical (unpaired) electrons. The summed E-state index contributed by atoms with van der Waals surface area (Å²) in [6, 6.07) is 3.87. The van der Waals surface area contributed by atoms with Crippen molar-refractivity contribution in [1.29, 1.82) is 0 Å². The van der Waals surface area contributed by atoms with Gasteiger partial charge in [-0.15, -0.1) is 0 Å². The van der Waals surface area contributed by atoms with Crippen molar-refractivity contribution in [2.24, 2.45) is 0 Å². The molecule has 0 heterocycles. The average molecular weight is 226 g/mol. The lowest BCUT2D eigenvalue weighted by Crippen LogP contribution is -2.25. The van der Waals surface area contributed by atoms with Crippen LogP contribution in [0.15, 0.2) is 18.2 Å². The molecular weight excluding hydrogens is 211 g/mol. The van der Waals surface area contributed by atoms with Gasteiger partial charge < -0.3 is 16.2 Å². The Morgan fingerprint density at radius 2 is 2.19 bits per heavy atom. The molecule has 88 valence electrons. The van der Waals surface area contributed by atoms with Crippen molar-refractivity contribution in [2.45, 2.75) is 12.8 Å². The molecule has 5 heteroatoms. The number of anilines is 1. The lowest BCUT2D eigenvalue weighted by atomic mass is 10.1. The van der Waals surface area contributed by atoms with E-state index in [0.29, 0.717) is 25.1 Å². The number of carbonyl (C=O) groups is 1. The molecule has 16 heavy (non-hydrogen) atoms. The second-order valence-corrected chi connectivity index (χ2v) is 3.43. The van der Waals surface area contributed by atoms with Crippen LogP contribution in [0.25, 0.3) is 0 Å². The van der Waals surface area contributed by atoms with Gasteiger partial charge in [0.2, 0.25) is 0 Å². The van der Waals surface area contributed by atoms with Gasteiger partial charge in [-0.25, -0.2) is 4.39 Å². The van der Waals surface area contributed by atoms with Gasteiger partial charge in [-0.3, -0.25) is 4.79 Å². The maximum absolute atomic E-state index is 13.2. The van der Waals surface area contributed by atoms with Crippen molar-refractivity contribution < 1.29 is 14.3 Å². The van der Waals surface area contributed by atoms with Crippen molar-refractivity contribution in [3.63, 3.8) is 0 Å². The third-order valence-electron chi connectivity index (χ3n) is 2.11. The molecule has 0 atom stereocenters. The number of aliphatic hydroxyl groups is 1. The summed E-state index contributed by atoms with van der Waals surface area (Å²) in [4.78, 5) is 11.5. The first-order valence-corrected chi connectivity index (χ1v) is 5.09. The zero-order chi connectivity index (χ0) is 12.0. The Morgan fingerprint density at radius 3 is 2.88 bits per heavy atom. The van der Waals surface area contributed by atoms with Gasteiger partial charge in [0.25, 0.3) is 5.91 Å². The fourth-order valence-electron chi connectivity index (χ4n) is 1.25. The Bertz CT molecular complexity index is 369. The second kappa shape index (κ2) is 6.07. The van der Waals surface area contributed by atoms with Crippen molar-refractivity contribution in [2.75, 3.05) is 18.9 Å². The van der Waals surface area contributed by atoms with E-state index in [9.17, 15) is 9.18 Å². The topological polar surface area (TPSA) is 75.4 Å². The van der Waals surface area contributed by atoms with Gasteiger partial charge >= 0.3 is 0 Å². The number of benzene rings is 1. The predicted octanol–water partition coefficient (Wildman–Crippen LogP) is 0.910. The van der Waals surface area contributed by atoms with Crippen LogP contribution in [0.5, 0.6) is 0 Å². The molecule has 0 fully saturated rings. The average Bonchev–Trinajstić information content (AvgIpc) is 2.27. The number of nitrogen functional groups attached to an aromatic ring is 1. The molecule has 0 saturated heterocycles. The first kappa shape index (κ1) is 12.4. The number of rotatable bonds is 5. The lowest BCUT2D eigenvalue weighted by Gasteiger charge is -2.06. The largest absolute Gasteiger partial charge is 0.399 e. The standard InChI is InChI=1S/C11H15FN2O2/c12-10-4-3-8(13)7-9(10)11(16)14-5-1-2-6-15/h3-4,7,15H,1-2,5-6,13H2,(H,14,16). The van der Waals surface area contributed by atoms with Crippen LogP contribution in [0, 0.1) is 5.82 Å². The number of nitrogens with one attached hydrogen (secondary N) is 1. The molecule has 0 aromatic heterocycles. The van der Waals surface area contributed by atoms with Crippen LogP contribution in [-0.4, -0.2) is 24.2 Å². The smallest absolute Gasteiger partial charge is 0.254 e. The van der Waals surface area contributed by atoms with Gasteiger partial charge in [-0.2, -0.15) is 0 Å². The van der Waals surface area contributed by atoms with Crippen molar-refractivity contribution in [3.8, 4) is 0 Å². The van der Waals surface area contributed by atoms with Gasteiger partial charge in [-0.05, 0) is 31.0 Å². The highest BCUT2D eigenvalue weighted by atomic mass is 19.1. The van der Waals surface area contributed by atoms with Crippen LogP contribution in [-0.2, 0) is 0 Å². The maximum atomic E-state index is 13.2. The summed E-state index contributed by atoms with van der Waals surface area (Å²) in [5.74, 6) is -1.07. The van der Waals surface area contributed by atoms with E-state index in [0.717, 1.165) is 6.07 Å². The minimum Gasteiger partial charge on any atom is -0.399 e. The summed E-state index contributed by atoms with van der Waals surface area (Å²) in [7, 11) is 0. The molecule has 4 nitrogen and oxygen atoms in total. The first-order valence-electron chi connectivity index (χ1n) is 5.09. The number of aliphatic hydroxyl groups excluding tert-OH is 1. The van der Waals surface area contributed by atoms with Crippen LogP contribution in [0.3, 0.4) is 0 Å². The van der Waals surface area contributed by atoms with Crippen molar-refractivity contribution in [3.05, 3.63) is 29.6 Å². The van der Waals surface area contributed by atoms with E-state index in [1.807, 2.05) is 0 Å². The Labute approximate surface area is 93.3 Å². The number of nitrogens with two attached hydrogens (primary N) is 1. The fraction of sp³-hybridized carbons (Fsp3) is 0.364. The Balaban J connectivity index is 2.55. The highest BCUT2D eigenvalue weighted by Gasteiger charge is 2.10. The van der Waals surface area contributed by atoms with E-state index in [-0.39, 0.29) is 12.2 Å². The van der Waals surface area contributed by atoms with E-state index in [4.69, 9.17) is 10.8 Å². The normalized spacial score (nSPS) is 10.1. The van der Waals surface area contributed by atoms with E-state index < -0.39 is 11.7 Å². The number of amides is 1. The van der Waals surface area contributed by atoms with Crippen LogP contribution < -0.4 is 11.1 Å². The van der Waals surface area contributed by atoms with Crippen LogP contribution in [0.2, 0.25) is 0 Å². The molecule has 0 bridgehead atoms. The molecule has 1 rings (SSSR count). The molecule has 0 aliphatic heterocycles. The van der Waals surface area contributed by atoms with Crippen molar-refractivity contribution >= 4 is 11.6 Å². The molecule has 4 N–H and O–H groups in total. The van der Waals surface area contributed by atoms with Crippen molar-refractivity contribution in [1.82, 2.24) is 5.32 Å². The van der Waals surface area contributed by atoms with Crippen LogP contribution in [0.1, 0.15) is 23.2 Å². The summed E-state index contributed by atoms with van der Waals surface area (Å²) in [5.41, 5.74) is 5.76. The first-order chi connectivity index (χ1) is 7.65. The van der Waals surface area contributed by atoms with Gasteiger partial charge in [0, 0.05) is 18.8 Å². The molecule has 0 unspecified atom stereocenters. The van der Waals surface area contributed by atoms with Gasteiger partial charge in [0.15, 0.2) is 0 Å².